The first-order chi connectivity index (χ1) is 8.20. The summed E-state index contributed by atoms with van der Waals surface area (Å²) in [6.07, 6.45) is 0. The molecule has 1 aliphatic rings. The van der Waals surface area contributed by atoms with Crippen LogP contribution in [0.3, 0.4) is 0 Å². The molecule has 1 heterocycles. The number of amides is 1. The second-order valence-corrected chi connectivity index (χ2v) is 4.61. The van der Waals surface area contributed by atoms with Crippen LogP contribution in [0.4, 0.5) is 4.79 Å². The summed E-state index contributed by atoms with van der Waals surface area (Å²) in [7, 11) is 0. The number of benzene rings is 1. The van der Waals surface area contributed by atoms with Crippen LogP contribution >= 0.6 is 11.8 Å². The molecule has 1 aliphatic heterocycles. The van der Waals surface area contributed by atoms with Crippen LogP contribution in [-0.4, -0.2) is 28.3 Å². The number of aryl methyl sites for hydroxylation is 1. The second kappa shape index (κ2) is 5.02. The van der Waals surface area contributed by atoms with E-state index < -0.39 is 0 Å². The highest BCUT2D eigenvalue weighted by Crippen LogP contribution is 2.19. The minimum atomic E-state index is -0.164. The molecule has 0 aliphatic carbocycles. The highest BCUT2D eigenvalue weighted by atomic mass is 32.2. The van der Waals surface area contributed by atoms with Crippen LogP contribution in [0.2, 0.25) is 0 Å². The Hall–Kier alpha value is -1.80. The minimum absolute atomic E-state index is 0.00119. The van der Waals surface area contributed by atoms with E-state index in [1.165, 1.54) is 22.3 Å². The quantitative estimate of drug-likeness (QED) is 0.752. The van der Waals surface area contributed by atoms with Crippen molar-refractivity contribution in [2.75, 3.05) is 12.3 Å². The first kappa shape index (κ1) is 11.7. The standard InChI is InChI=1S/C12H11N3OS/c1-9-2-4-10(5-3-9)11-8-17-12(16)15(14-11)7-6-13/h2-5H,7-8H2,1H3. The fourth-order valence-electron chi connectivity index (χ4n) is 1.47. The van der Waals surface area contributed by atoms with Gasteiger partial charge in [-0.1, -0.05) is 41.6 Å². The van der Waals surface area contributed by atoms with Gasteiger partial charge in [-0.15, -0.1) is 0 Å². The van der Waals surface area contributed by atoms with Gasteiger partial charge in [-0.25, -0.2) is 5.01 Å². The highest BCUT2D eigenvalue weighted by Gasteiger charge is 2.21. The lowest BCUT2D eigenvalue weighted by molar-refractivity contribution is 0.230. The summed E-state index contributed by atoms with van der Waals surface area (Å²) in [6.45, 7) is 2.02. The van der Waals surface area contributed by atoms with Crippen LogP contribution in [0.25, 0.3) is 0 Å². The summed E-state index contributed by atoms with van der Waals surface area (Å²) in [5, 5.41) is 13.9. The van der Waals surface area contributed by atoms with Crippen molar-refractivity contribution in [3.05, 3.63) is 35.4 Å². The molecule has 86 valence electrons. The zero-order valence-corrected chi connectivity index (χ0v) is 10.2. The van der Waals surface area contributed by atoms with Gasteiger partial charge in [0.05, 0.1) is 11.8 Å². The van der Waals surface area contributed by atoms with Crippen molar-refractivity contribution in [2.24, 2.45) is 5.10 Å². The van der Waals surface area contributed by atoms with Crippen molar-refractivity contribution in [1.82, 2.24) is 5.01 Å². The van der Waals surface area contributed by atoms with Gasteiger partial charge in [0.25, 0.3) is 0 Å². The van der Waals surface area contributed by atoms with Crippen LogP contribution in [-0.2, 0) is 0 Å². The fraction of sp³-hybridized carbons (Fsp3) is 0.250. The van der Waals surface area contributed by atoms with Gasteiger partial charge >= 0.3 is 5.24 Å². The Labute approximate surface area is 104 Å². The molecule has 5 heteroatoms. The molecule has 0 saturated carbocycles. The van der Waals surface area contributed by atoms with Gasteiger partial charge in [0, 0.05) is 5.75 Å². The number of nitrogens with zero attached hydrogens (tertiary/aromatic N) is 3. The largest absolute Gasteiger partial charge is 0.303 e. The number of thioether (sulfide) groups is 1. The van der Waals surface area contributed by atoms with Gasteiger partial charge in [-0.2, -0.15) is 10.4 Å². The summed E-state index contributed by atoms with van der Waals surface area (Å²) in [4.78, 5) is 11.4. The first-order valence-corrected chi connectivity index (χ1v) is 6.15. The summed E-state index contributed by atoms with van der Waals surface area (Å²) in [6, 6.07) is 9.91. The predicted molar refractivity (Wildman–Crippen MR) is 67.9 cm³/mol. The fourth-order valence-corrected chi connectivity index (χ4v) is 2.21. The van der Waals surface area contributed by atoms with Crippen LogP contribution in [0.5, 0.6) is 0 Å². The van der Waals surface area contributed by atoms with Crippen LogP contribution in [0, 0.1) is 18.3 Å². The number of hydrogen-bond donors (Lipinski definition) is 0. The SMILES string of the molecule is Cc1ccc(C2=NN(CC#N)C(=O)SC2)cc1. The first-order valence-electron chi connectivity index (χ1n) is 5.16. The summed E-state index contributed by atoms with van der Waals surface area (Å²) >= 11 is 1.18. The van der Waals surface area contributed by atoms with E-state index in [9.17, 15) is 4.79 Å². The normalized spacial score (nSPS) is 15.4. The number of carbonyl (C=O) groups is 1. The van der Waals surface area contributed by atoms with E-state index >= 15 is 0 Å². The molecular formula is C12H11N3OS. The Balaban J connectivity index is 2.27. The minimum Gasteiger partial charge on any atom is -0.260 e. The average molecular weight is 245 g/mol. The third kappa shape index (κ3) is 2.66. The third-order valence-corrected chi connectivity index (χ3v) is 3.27. The molecule has 0 atom stereocenters. The van der Waals surface area contributed by atoms with E-state index in [0.29, 0.717) is 5.75 Å². The Kier molecular flexibility index (Phi) is 3.45. The zero-order valence-electron chi connectivity index (χ0n) is 9.38. The van der Waals surface area contributed by atoms with Crippen molar-refractivity contribution in [3.63, 3.8) is 0 Å². The number of rotatable bonds is 2. The molecular weight excluding hydrogens is 234 g/mol. The molecule has 17 heavy (non-hydrogen) atoms. The van der Waals surface area contributed by atoms with E-state index in [1.807, 2.05) is 37.3 Å². The number of nitriles is 1. The molecule has 1 amide bonds. The van der Waals surface area contributed by atoms with Crippen molar-refractivity contribution in [1.29, 1.82) is 5.26 Å². The molecule has 2 rings (SSSR count). The number of hydrogen-bond acceptors (Lipinski definition) is 4. The zero-order chi connectivity index (χ0) is 12.3. The molecule has 0 unspecified atom stereocenters. The maximum absolute atomic E-state index is 11.4. The van der Waals surface area contributed by atoms with E-state index in [4.69, 9.17) is 5.26 Å². The highest BCUT2D eigenvalue weighted by molar-refractivity contribution is 8.14. The molecule has 0 N–H and O–H groups in total. The molecule has 1 aromatic carbocycles. The van der Waals surface area contributed by atoms with Gasteiger partial charge in [-0.05, 0) is 12.5 Å². The molecule has 0 fully saturated rings. The Morgan fingerprint density at radius 3 is 2.82 bits per heavy atom. The van der Waals surface area contributed by atoms with Crippen molar-refractivity contribution >= 4 is 22.7 Å². The Morgan fingerprint density at radius 2 is 2.18 bits per heavy atom. The smallest absolute Gasteiger partial charge is 0.260 e. The van der Waals surface area contributed by atoms with E-state index in [1.54, 1.807) is 0 Å². The van der Waals surface area contributed by atoms with Crippen molar-refractivity contribution < 1.29 is 4.79 Å². The van der Waals surface area contributed by atoms with Crippen molar-refractivity contribution in [3.8, 4) is 6.07 Å². The van der Waals surface area contributed by atoms with Gasteiger partial charge in [0.2, 0.25) is 0 Å². The molecule has 0 aromatic heterocycles. The Bertz CT molecular complexity index is 501. The number of hydrazone groups is 1. The summed E-state index contributed by atoms with van der Waals surface area (Å²) < 4.78 is 0. The molecule has 0 bridgehead atoms. The monoisotopic (exact) mass is 245 g/mol. The summed E-state index contributed by atoms with van der Waals surface area (Å²) in [5.74, 6) is 0.559. The van der Waals surface area contributed by atoms with E-state index in [0.717, 1.165) is 11.3 Å². The molecule has 4 nitrogen and oxygen atoms in total. The average Bonchev–Trinajstić information content (AvgIpc) is 2.33. The van der Waals surface area contributed by atoms with E-state index in [2.05, 4.69) is 5.10 Å². The third-order valence-electron chi connectivity index (χ3n) is 2.39. The van der Waals surface area contributed by atoms with E-state index in [-0.39, 0.29) is 11.8 Å². The molecule has 0 spiro atoms. The van der Waals surface area contributed by atoms with Crippen LogP contribution < -0.4 is 0 Å². The van der Waals surface area contributed by atoms with Gasteiger partial charge < -0.3 is 0 Å². The maximum atomic E-state index is 11.4. The lowest BCUT2D eigenvalue weighted by Gasteiger charge is -2.20. The molecule has 1 aromatic rings. The second-order valence-electron chi connectivity index (χ2n) is 3.68. The lowest BCUT2D eigenvalue weighted by Crippen LogP contribution is -2.30. The summed E-state index contributed by atoms with van der Waals surface area (Å²) in [5.41, 5.74) is 3.02. The predicted octanol–water partition coefficient (Wildman–Crippen LogP) is 2.39. The van der Waals surface area contributed by atoms with Gasteiger partial charge in [0.15, 0.2) is 0 Å². The Morgan fingerprint density at radius 1 is 1.47 bits per heavy atom. The topological polar surface area (TPSA) is 56.5 Å². The maximum Gasteiger partial charge on any atom is 0.303 e. The number of carbonyl (C=O) groups excluding carboxylic acids is 1. The lowest BCUT2D eigenvalue weighted by atomic mass is 10.1. The van der Waals surface area contributed by atoms with Crippen LogP contribution in [0.1, 0.15) is 11.1 Å². The van der Waals surface area contributed by atoms with Gasteiger partial charge in [-0.3, -0.25) is 4.79 Å². The van der Waals surface area contributed by atoms with Crippen molar-refractivity contribution in [2.45, 2.75) is 6.92 Å². The van der Waals surface area contributed by atoms with Crippen LogP contribution in [0.15, 0.2) is 29.4 Å². The molecule has 0 radical (unpaired) electrons. The molecule has 0 saturated heterocycles. The van der Waals surface area contributed by atoms with Gasteiger partial charge in [0.1, 0.15) is 6.54 Å².